The molecule has 0 radical (unpaired) electrons. The number of hydrogen-bond donors (Lipinski definition) is 0. The van der Waals surface area contributed by atoms with Gasteiger partial charge in [-0.05, 0) is 66.2 Å². The largest absolute Gasteiger partial charge is 0.509 e. The standard InChI is InChI=1S/C48H53N4O2.Pt/c1-48(2)31-50(47-49-41-23-9-12-26-45(41)54-47)44-30-37(27-28-40(44)48)53-36-20-13-19-35(29-36)51-32-52(43-25-11-10-24-42(43)51)46-38(33-15-5-3-6-16-33)21-14-22-39(46)34-17-7-4-8-18-34;/h9-13,19-20,23-28,32-34,38-39,46H,3-8,14-18,21-22,31H2,1-2H3;/q-3;/i1D3,2D3;. The second-order valence-corrected chi connectivity index (χ2v) is 16.5. The molecule has 0 amide bonds. The molecule has 1 aromatic heterocycles. The maximum atomic E-state index is 8.55. The third kappa shape index (κ3) is 6.89. The van der Waals surface area contributed by atoms with Gasteiger partial charge in [-0.15, -0.1) is 41.6 Å². The number of hydrogen-bond acceptors (Lipinski definition) is 6. The molecule has 3 saturated carbocycles. The molecule has 10 rings (SSSR count). The van der Waals surface area contributed by atoms with Crippen LogP contribution in [0.5, 0.6) is 11.5 Å². The summed E-state index contributed by atoms with van der Waals surface area (Å²) in [5.41, 5.74) is 2.46. The van der Waals surface area contributed by atoms with Crippen molar-refractivity contribution in [3.05, 3.63) is 103 Å². The number of benzene rings is 4. The molecular weight excluding hydrogens is 860 g/mol. The summed E-state index contributed by atoms with van der Waals surface area (Å²) in [5.74, 6) is 3.64. The zero-order valence-corrected chi connectivity index (χ0v) is 33.6. The Morgan fingerprint density at radius 2 is 1.44 bits per heavy atom. The summed E-state index contributed by atoms with van der Waals surface area (Å²) in [7, 11) is 0. The van der Waals surface area contributed by atoms with E-state index in [-0.39, 0.29) is 44.1 Å². The van der Waals surface area contributed by atoms with Crippen LogP contribution in [0.1, 0.15) is 111 Å². The average Bonchev–Trinajstić information content (AvgIpc) is 3.97. The Balaban J connectivity index is 0.00000476. The van der Waals surface area contributed by atoms with Gasteiger partial charge in [0.05, 0.1) is 0 Å². The van der Waals surface area contributed by atoms with Crippen molar-refractivity contribution < 1.29 is 38.4 Å². The number of ether oxygens (including phenoxy) is 1. The zero-order chi connectivity index (χ0) is 41.2. The second kappa shape index (κ2) is 15.3. The van der Waals surface area contributed by atoms with E-state index in [2.05, 4.69) is 63.9 Å². The van der Waals surface area contributed by atoms with Gasteiger partial charge in [-0.1, -0.05) is 114 Å². The first-order chi connectivity index (χ1) is 29.0. The van der Waals surface area contributed by atoms with E-state index in [0.717, 1.165) is 23.2 Å². The number of para-hydroxylation sites is 4. The number of nitrogens with zero attached hydrogens (tertiary/aromatic N) is 4. The summed E-state index contributed by atoms with van der Waals surface area (Å²) < 4.78 is 63.9. The van der Waals surface area contributed by atoms with Crippen molar-refractivity contribution >= 4 is 39.9 Å². The number of oxazole rings is 1. The van der Waals surface area contributed by atoms with Gasteiger partial charge in [0.1, 0.15) is 5.52 Å². The van der Waals surface area contributed by atoms with Crippen LogP contribution in [0, 0.1) is 42.5 Å². The quantitative estimate of drug-likeness (QED) is 0.152. The van der Waals surface area contributed by atoms with Crippen LogP contribution in [0.3, 0.4) is 0 Å². The minimum Gasteiger partial charge on any atom is -0.509 e. The molecule has 4 aromatic carbocycles. The van der Waals surface area contributed by atoms with Crippen LogP contribution in [0.2, 0.25) is 0 Å². The van der Waals surface area contributed by atoms with Crippen molar-refractivity contribution in [1.82, 2.24) is 4.98 Å². The van der Waals surface area contributed by atoms with Crippen molar-refractivity contribution in [2.45, 2.75) is 109 Å². The number of rotatable bonds is 7. The van der Waals surface area contributed by atoms with E-state index in [9.17, 15) is 0 Å². The fraction of sp³-hybridized carbons (Fsp3) is 0.458. The van der Waals surface area contributed by atoms with E-state index in [1.54, 1.807) is 24.3 Å². The van der Waals surface area contributed by atoms with Gasteiger partial charge in [-0.25, -0.2) is 0 Å². The molecule has 290 valence electrons. The monoisotopic (exact) mass is 918 g/mol. The normalized spacial score (nSPS) is 26.2. The summed E-state index contributed by atoms with van der Waals surface area (Å²) >= 11 is 0. The van der Waals surface area contributed by atoms with Gasteiger partial charge in [0, 0.05) is 64.8 Å². The molecular formula is C48H53N4O2Pt-3. The molecule has 0 saturated heterocycles. The molecule has 55 heavy (non-hydrogen) atoms. The number of aromatic nitrogens is 1. The van der Waals surface area contributed by atoms with Crippen molar-refractivity contribution in [2.75, 3.05) is 21.2 Å². The van der Waals surface area contributed by atoms with Crippen LogP contribution in [0.15, 0.2) is 83.3 Å². The van der Waals surface area contributed by atoms with Crippen molar-refractivity contribution in [2.24, 2.45) is 23.7 Å². The van der Waals surface area contributed by atoms with Crippen LogP contribution in [0.4, 0.5) is 28.8 Å². The first-order valence-electron chi connectivity index (χ1n) is 23.4. The van der Waals surface area contributed by atoms with Gasteiger partial charge in [0.25, 0.3) is 0 Å². The Bertz CT molecular complexity index is 2260. The molecule has 5 aliphatic rings. The number of fused-ring (bicyclic) bond motifs is 3. The zero-order valence-electron chi connectivity index (χ0n) is 37.3. The minimum atomic E-state index is -2.88. The molecule has 3 heterocycles. The van der Waals surface area contributed by atoms with E-state index in [1.165, 1.54) is 94.1 Å². The van der Waals surface area contributed by atoms with Crippen molar-refractivity contribution in [3.63, 3.8) is 0 Å². The maximum Gasteiger partial charge on any atom is 0.301 e. The van der Waals surface area contributed by atoms with Crippen LogP contribution < -0.4 is 19.4 Å². The molecule has 6 nitrogen and oxygen atoms in total. The molecule has 7 heteroatoms. The first-order valence-corrected chi connectivity index (χ1v) is 20.4. The fourth-order valence-corrected chi connectivity index (χ4v) is 10.8. The molecule has 5 aromatic rings. The first kappa shape index (κ1) is 30.4. The Kier molecular flexibility index (Phi) is 8.45. The van der Waals surface area contributed by atoms with E-state index in [1.807, 2.05) is 24.3 Å². The van der Waals surface area contributed by atoms with Gasteiger partial charge in [-0.3, -0.25) is 0 Å². The second-order valence-electron chi connectivity index (χ2n) is 16.5. The SMILES string of the molecule is [2H]C([2H])([2H])C1(C([2H])([2H])[2H])CN(c2nc3ccccc3o2)c2[c-]c(Oc3[c-]c(N4[CH-]N(C5C(C6CCCCC6)CCCC5C5CCCCC5)c5ccccc54)ccc3)ccc21.[Pt]. The number of anilines is 5. The van der Waals surface area contributed by atoms with Gasteiger partial charge in [0.15, 0.2) is 5.58 Å². The van der Waals surface area contributed by atoms with Crippen LogP contribution in [-0.4, -0.2) is 17.6 Å². The molecule has 0 bridgehead atoms. The van der Waals surface area contributed by atoms with Gasteiger partial charge in [0.2, 0.25) is 0 Å². The van der Waals surface area contributed by atoms with Crippen LogP contribution in [0.25, 0.3) is 11.1 Å². The molecule has 0 N–H and O–H groups in total. The Morgan fingerprint density at radius 1 is 0.745 bits per heavy atom. The Labute approximate surface area is 350 Å². The summed E-state index contributed by atoms with van der Waals surface area (Å²) in [6, 6.07) is 32.3. The van der Waals surface area contributed by atoms with E-state index in [4.69, 9.17) is 17.4 Å². The Morgan fingerprint density at radius 3 is 2.16 bits per heavy atom. The summed E-state index contributed by atoms with van der Waals surface area (Å²) in [6.07, 6.45) is 17.5. The van der Waals surface area contributed by atoms with E-state index in [0.29, 0.717) is 34.7 Å². The summed E-state index contributed by atoms with van der Waals surface area (Å²) in [6.45, 7) is -3.82. The molecule has 3 aliphatic carbocycles. The van der Waals surface area contributed by atoms with Crippen LogP contribution in [-0.2, 0) is 26.5 Å². The van der Waals surface area contributed by atoms with Crippen LogP contribution >= 0.6 is 0 Å². The fourth-order valence-electron chi connectivity index (χ4n) is 10.8. The van der Waals surface area contributed by atoms with Gasteiger partial charge >= 0.3 is 6.01 Å². The maximum absolute atomic E-state index is 8.55. The molecule has 3 fully saturated rings. The van der Waals surface area contributed by atoms with E-state index < -0.39 is 25.7 Å². The van der Waals surface area contributed by atoms with Gasteiger partial charge in [-0.2, -0.15) is 23.8 Å². The van der Waals surface area contributed by atoms with E-state index >= 15 is 0 Å². The van der Waals surface area contributed by atoms with Crippen molar-refractivity contribution in [1.29, 1.82) is 0 Å². The predicted octanol–water partition coefficient (Wildman–Crippen LogP) is 12.7. The smallest absolute Gasteiger partial charge is 0.301 e. The average molecular weight is 919 g/mol. The molecule has 2 atom stereocenters. The predicted molar refractivity (Wildman–Crippen MR) is 218 cm³/mol. The summed E-state index contributed by atoms with van der Waals surface area (Å²) in [5, 5.41) is 0. The molecule has 2 aliphatic heterocycles. The van der Waals surface area contributed by atoms with Gasteiger partial charge < -0.3 is 23.9 Å². The topological polar surface area (TPSA) is 45.0 Å². The molecule has 2 unspecified atom stereocenters. The third-order valence-corrected chi connectivity index (χ3v) is 13.2. The summed E-state index contributed by atoms with van der Waals surface area (Å²) in [4.78, 5) is 11.1. The minimum absolute atomic E-state index is 0. The van der Waals surface area contributed by atoms with Crippen molar-refractivity contribution in [3.8, 4) is 11.5 Å². The molecule has 0 spiro atoms. The third-order valence-electron chi connectivity index (χ3n) is 13.2. The Hall–Kier alpha value is -3.76.